The van der Waals surface area contributed by atoms with Crippen LogP contribution in [0.4, 0.5) is 0 Å². The van der Waals surface area contributed by atoms with Crippen LogP contribution in [0.25, 0.3) is 0 Å². The molecule has 0 aliphatic carbocycles. The molecule has 0 amide bonds. The molecule has 0 unspecified atom stereocenters. The number of benzene rings is 1. The largest absolute Gasteiger partial charge is 0.438 e. The summed E-state index contributed by atoms with van der Waals surface area (Å²) in [6.07, 6.45) is 0. The average Bonchev–Trinajstić information content (AvgIpc) is 2.42. The summed E-state index contributed by atoms with van der Waals surface area (Å²) in [5.41, 5.74) is 0.918. The second-order valence-corrected chi connectivity index (χ2v) is 4.80. The Morgan fingerprint density at radius 1 is 1.05 bits per heavy atom. The van der Waals surface area contributed by atoms with E-state index in [0.29, 0.717) is 11.8 Å². The molecule has 4 heteroatoms. The van der Waals surface area contributed by atoms with E-state index >= 15 is 0 Å². The van der Waals surface area contributed by atoms with Crippen LogP contribution >= 0.6 is 0 Å². The van der Waals surface area contributed by atoms with Gasteiger partial charge < -0.3 is 10.1 Å². The van der Waals surface area contributed by atoms with Gasteiger partial charge in [0.15, 0.2) is 0 Å². The summed E-state index contributed by atoms with van der Waals surface area (Å²) in [6.45, 7) is 6.06. The Morgan fingerprint density at radius 2 is 1.84 bits per heavy atom. The van der Waals surface area contributed by atoms with Gasteiger partial charge >= 0.3 is 0 Å². The van der Waals surface area contributed by atoms with Crippen LogP contribution in [0.5, 0.6) is 11.6 Å². The number of ether oxygens (including phenoxy) is 1. The van der Waals surface area contributed by atoms with Gasteiger partial charge in [0.05, 0.1) is 5.69 Å². The van der Waals surface area contributed by atoms with Crippen LogP contribution < -0.4 is 10.1 Å². The van der Waals surface area contributed by atoms with Crippen molar-refractivity contribution in [3.63, 3.8) is 0 Å². The van der Waals surface area contributed by atoms with Crippen LogP contribution in [0.15, 0.2) is 42.5 Å². The van der Waals surface area contributed by atoms with Gasteiger partial charge in [0.25, 0.3) is 0 Å². The van der Waals surface area contributed by atoms with Gasteiger partial charge in [-0.2, -0.15) is 5.10 Å². The third-order valence-corrected chi connectivity index (χ3v) is 2.52. The van der Waals surface area contributed by atoms with Crippen LogP contribution in [0.1, 0.15) is 19.5 Å². The van der Waals surface area contributed by atoms with Crippen LogP contribution in [0.2, 0.25) is 0 Å². The van der Waals surface area contributed by atoms with Crippen molar-refractivity contribution >= 4 is 0 Å². The topological polar surface area (TPSA) is 47.0 Å². The van der Waals surface area contributed by atoms with Gasteiger partial charge in [-0.15, -0.1) is 5.10 Å². The summed E-state index contributed by atoms with van der Waals surface area (Å²) < 4.78 is 5.58. The second-order valence-electron chi connectivity index (χ2n) is 4.80. The molecule has 0 saturated carbocycles. The molecule has 0 radical (unpaired) electrons. The van der Waals surface area contributed by atoms with E-state index in [2.05, 4.69) is 29.4 Å². The molecule has 0 aliphatic rings. The fourth-order valence-electron chi connectivity index (χ4n) is 1.59. The van der Waals surface area contributed by atoms with E-state index in [1.165, 1.54) is 0 Å². The minimum Gasteiger partial charge on any atom is -0.438 e. The Balaban J connectivity index is 1.88. The summed E-state index contributed by atoms with van der Waals surface area (Å²) in [5, 5.41) is 11.5. The van der Waals surface area contributed by atoms with Crippen molar-refractivity contribution in [3.05, 3.63) is 48.2 Å². The predicted molar refractivity (Wildman–Crippen MR) is 75.1 cm³/mol. The Bertz CT molecular complexity index is 483. The second kappa shape index (κ2) is 6.85. The number of nitrogens with zero attached hydrogens (tertiary/aromatic N) is 2. The van der Waals surface area contributed by atoms with E-state index < -0.39 is 0 Å². The standard InChI is InChI=1S/C15H19N3O/c1-12(2)10-16-11-13-8-9-15(18-17-13)19-14-6-4-3-5-7-14/h3-9,12,16H,10-11H2,1-2H3. The minimum atomic E-state index is 0.513. The van der Waals surface area contributed by atoms with E-state index in [0.717, 1.165) is 24.5 Å². The minimum absolute atomic E-state index is 0.513. The zero-order chi connectivity index (χ0) is 13.5. The van der Waals surface area contributed by atoms with E-state index in [1.807, 2.05) is 42.5 Å². The van der Waals surface area contributed by atoms with Gasteiger partial charge in [-0.3, -0.25) is 0 Å². The molecule has 1 aromatic heterocycles. The number of nitrogens with one attached hydrogen (secondary N) is 1. The third-order valence-electron chi connectivity index (χ3n) is 2.52. The molecule has 19 heavy (non-hydrogen) atoms. The maximum absolute atomic E-state index is 5.58. The zero-order valence-corrected chi connectivity index (χ0v) is 11.3. The van der Waals surface area contributed by atoms with Crippen LogP contribution in [-0.2, 0) is 6.54 Å². The van der Waals surface area contributed by atoms with Crippen molar-refractivity contribution in [2.45, 2.75) is 20.4 Å². The summed E-state index contributed by atoms with van der Waals surface area (Å²) in [5.74, 6) is 1.91. The van der Waals surface area contributed by atoms with Crippen molar-refractivity contribution in [1.82, 2.24) is 15.5 Å². The number of hydrogen-bond acceptors (Lipinski definition) is 4. The maximum Gasteiger partial charge on any atom is 0.238 e. The van der Waals surface area contributed by atoms with E-state index in [-0.39, 0.29) is 0 Å². The van der Waals surface area contributed by atoms with Gasteiger partial charge in [0.1, 0.15) is 5.75 Å². The van der Waals surface area contributed by atoms with Gasteiger partial charge in [0, 0.05) is 12.6 Å². The molecule has 2 rings (SSSR count). The summed E-state index contributed by atoms with van der Waals surface area (Å²) in [4.78, 5) is 0. The highest BCUT2D eigenvalue weighted by Crippen LogP contribution is 2.17. The molecule has 1 N–H and O–H groups in total. The first-order chi connectivity index (χ1) is 9.24. The van der Waals surface area contributed by atoms with Crippen LogP contribution in [0.3, 0.4) is 0 Å². The third kappa shape index (κ3) is 4.67. The molecule has 100 valence electrons. The summed E-state index contributed by atoms with van der Waals surface area (Å²) in [6, 6.07) is 13.3. The molecule has 2 aromatic rings. The highest BCUT2D eigenvalue weighted by atomic mass is 16.5. The quantitative estimate of drug-likeness (QED) is 0.864. The normalized spacial score (nSPS) is 10.7. The van der Waals surface area contributed by atoms with Crippen LogP contribution in [0, 0.1) is 5.92 Å². The Morgan fingerprint density at radius 3 is 2.47 bits per heavy atom. The first kappa shape index (κ1) is 13.5. The first-order valence-electron chi connectivity index (χ1n) is 6.50. The molecule has 0 bridgehead atoms. The molecule has 0 saturated heterocycles. The van der Waals surface area contributed by atoms with Crippen molar-refractivity contribution < 1.29 is 4.74 Å². The average molecular weight is 257 g/mol. The molecule has 1 aromatic carbocycles. The SMILES string of the molecule is CC(C)CNCc1ccc(Oc2ccccc2)nn1. The van der Waals surface area contributed by atoms with E-state index in [9.17, 15) is 0 Å². The Kier molecular flexibility index (Phi) is 4.86. The fraction of sp³-hybridized carbons (Fsp3) is 0.333. The number of aromatic nitrogens is 2. The lowest BCUT2D eigenvalue weighted by Gasteiger charge is -2.07. The number of para-hydroxylation sites is 1. The molecule has 0 fully saturated rings. The molecule has 0 spiro atoms. The molecule has 0 aliphatic heterocycles. The number of rotatable bonds is 6. The smallest absolute Gasteiger partial charge is 0.238 e. The van der Waals surface area contributed by atoms with Gasteiger partial charge in [-0.25, -0.2) is 0 Å². The fourth-order valence-corrected chi connectivity index (χ4v) is 1.59. The molecular weight excluding hydrogens is 238 g/mol. The lowest BCUT2D eigenvalue weighted by atomic mass is 10.2. The zero-order valence-electron chi connectivity index (χ0n) is 11.3. The maximum atomic E-state index is 5.58. The molecule has 0 atom stereocenters. The van der Waals surface area contributed by atoms with Crippen molar-refractivity contribution in [2.24, 2.45) is 5.92 Å². The van der Waals surface area contributed by atoms with Crippen LogP contribution in [-0.4, -0.2) is 16.7 Å². The molecule has 1 heterocycles. The number of hydrogen-bond donors (Lipinski definition) is 1. The monoisotopic (exact) mass is 257 g/mol. The van der Waals surface area contributed by atoms with E-state index in [1.54, 1.807) is 0 Å². The Hall–Kier alpha value is -1.94. The lowest BCUT2D eigenvalue weighted by Crippen LogP contribution is -2.19. The van der Waals surface area contributed by atoms with E-state index in [4.69, 9.17) is 4.74 Å². The highest BCUT2D eigenvalue weighted by Gasteiger charge is 2.01. The summed E-state index contributed by atoms with van der Waals surface area (Å²) >= 11 is 0. The van der Waals surface area contributed by atoms with Gasteiger partial charge in [0.2, 0.25) is 5.88 Å². The predicted octanol–water partition coefficient (Wildman–Crippen LogP) is 3.01. The molecular formula is C15H19N3O. The van der Waals surface area contributed by atoms with Crippen molar-refractivity contribution in [1.29, 1.82) is 0 Å². The van der Waals surface area contributed by atoms with Crippen molar-refractivity contribution in [3.8, 4) is 11.6 Å². The van der Waals surface area contributed by atoms with Gasteiger partial charge in [-0.1, -0.05) is 32.0 Å². The summed E-state index contributed by atoms with van der Waals surface area (Å²) in [7, 11) is 0. The lowest BCUT2D eigenvalue weighted by molar-refractivity contribution is 0.452. The highest BCUT2D eigenvalue weighted by molar-refractivity contribution is 5.26. The first-order valence-corrected chi connectivity index (χ1v) is 6.50. The van der Waals surface area contributed by atoms with Gasteiger partial charge in [-0.05, 0) is 30.7 Å². The molecule has 4 nitrogen and oxygen atoms in total. The van der Waals surface area contributed by atoms with Crippen molar-refractivity contribution in [2.75, 3.05) is 6.54 Å². The Labute approximate surface area is 113 Å².